The van der Waals surface area contributed by atoms with Gasteiger partial charge in [-0.25, -0.2) is 0 Å². The molecular weight excluding hydrogens is 334 g/mol. The Morgan fingerprint density at radius 1 is 1.07 bits per heavy atom. The fourth-order valence-corrected chi connectivity index (χ4v) is 5.18. The maximum Gasteiger partial charge on any atom is 0.158 e. The topological polar surface area (TPSA) is 18.5 Å². The van der Waals surface area contributed by atoms with Crippen LogP contribution in [0.4, 0.5) is 0 Å². The van der Waals surface area contributed by atoms with Gasteiger partial charge >= 0.3 is 0 Å². The van der Waals surface area contributed by atoms with E-state index in [9.17, 15) is 0 Å². The zero-order valence-corrected chi connectivity index (χ0v) is 18.0. The largest absolute Gasteiger partial charge is 0.350 e. The van der Waals surface area contributed by atoms with Gasteiger partial charge in [-0.1, -0.05) is 58.0 Å². The van der Waals surface area contributed by atoms with Crippen LogP contribution in [0.5, 0.6) is 0 Å². The second kappa shape index (κ2) is 9.07. The molecule has 0 radical (unpaired) electrons. The van der Waals surface area contributed by atoms with E-state index in [1.807, 2.05) is 0 Å². The first-order valence-electron chi connectivity index (χ1n) is 11.0. The Bertz CT molecular complexity index is 559. The Morgan fingerprint density at radius 2 is 1.78 bits per heavy atom. The molecule has 3 atom stereocenters. The highest BCUT2D eigenvalue weighted by atomic mass is 16.7. The third kappa shape index (κ3) is 6.58. The molecular formula is C24H40NO2+. The van der Waals surface area contributed by atoms with Crippen molar-refractivity contribution in [1.82, 2.24) is 0 Å². The molecule has 0 bridgehead atoms. The van der Waals surface area contributed by atoms with E-state index < -0.39 is 0 Å². The summed E-state index contributed by atoms with van der Waals surface area (Å²) in [5.41, 5.74) is 1.82. The predicted octanol–water partition coefficient (Wildman–Crippen LogP) is 5.39. The lowest BCUT2D eigenvalue weighted by atomic mass is 9.84. The van der Waals surface area contributed by atoms with Crippen LogP contribution in [-0.2, 0) is 16.0 Å². The van der Waals surface area contributed by atoms with Crippen LogP contribution in [0.15, 0.2) is 30.3 Å². The Labute approximate surface area is 166 Å². The van der Waals surface area contributed by atoms with Gasteiger partial charge < -0.3 is 14.0 Å². The van der Waals surface area contributed by atoms with Crippen molar-refractivity contribution in [1.29, 1.82) is 0 Å². The van der Waals surface area contributed by atoms with Crippen LogP contribution in [0.3, 0.4) is 0 Å². The normalized spacial score (nSPS) is 26.8. The molecule has 1 aromatic carbocycles. The summed E-state index contributed by atoms with van der Waals surface area (Å²) in [5.74, 6) is 0.635. The second-order valence-corrected chi connectivity index (χ2v) is 10.3. The molecule has 2 aliphatic rings. The monoisotopic (exact) mass is 374 g/mol. The van der Waals surface area contributed by atoms with Crippen LogP contribution < -0.4 is 0 Å². The fraction of sp³-hybridized carbons (Fsp3) is 0.750. The molecule has 27 heavy (non-hydrogen) atoms. The molecule has 0 spiro atoms. The number of ether oxygens (including phenoxy) is 2. The molecule has 2 heterocycles. The van der Waals surface area contributed by atoms with E-state index in [2.05, 4.69) is 58.0 Å². The molecule has 2 saturated heterocycles. The minimum atomic E-state index is -0.00563. The van der Waals surface area contributed by atoms with E-state index in [0.29, 0.717) is 11.3 Å². The van der Waals surface area contributed by atoms with Crippen LogP contribution in [-0.4, -0.2) is 43.1 Å². The molecule has 0 aromatic heterocycles. The van der Waals surface area contributed by atoms with Gasteiger partial charge in [-0.2, -0.15) is 0 Å². The Balaban J connectivity index is 1.55. The molecule has 0 unspecified atom stereocenters. The van der Waals surface area contributed by atoms with Crippen LogP contribution in [0.1, 0.15) is 65.4 Å². The Hall–Kier alpha value is -0.900. The number of hydrogen-bond donors (Lipinski definition) is 0. The van der Waals surface area contributed by atoms with E-state index in [1.54, 1.807) is 0 Å². The highest BCUT2D eigenvalue weighted by Crippen LogP contribution is 2.31. The summed E-state index contributed by atoms with van der Waals surface area (Å²) in [6.45, 7) is 14.8. The summed E-state index contributed by atoms with van der Waals surface area (Å²) >= 11 is 0. The second-order valence-electron chi connectivity index (χ2n) is 10.3. The van der Waals surface area contributed by atoms with Crippen molar-refractivity contribution in [3.8, 4) is 0 Å². The summed E-state index contributed by atoms with van der Waals surface area (Å²) in [6, 6.07) is 11.0. The summed E-state index contributed by atoms with van der Waals surface area (Å²) < 4.78 is 13.6. The fourth-order valence-electron chi connectivity index (χ4n) is 5.18. The van der Waals surface area contributed by atoms with Crippen molar-refractivity contribution >= 4 is 0 Å². The van der Waals surface area contributed by atoms with Gasteiger partial charge in [-0.3, -0.25) is 0 Å². The van der Waals surface area contributed by atoms with Gasteiger partial charge in [0.25, 0.3) is 0 Å². The first-order chi connectivity index (χ1) is 12.8. The number of hydrogen-bond acceptors (Lipinski definition) is 2. The lowest BCUT2D eigenvalue weighted by molar-refractivity contribution is -0.947. The number of piperidine rings is 1. The van der Waals surface area contributed by atoms with E-state index in [0.717, 1.165) is 26.1 Å². The average Bonchev–Trinajstić information content (AvgIpc) is 3.01. The maximum absolute atomic E-state index is 6.37. The molecule has 3 rings (SSSR count). The molecule has 152 valence electrons. The molecule has 1 aromatic rings. The molecule has 2 fully saturated rings. The van der Waals surface area contributed by atoms with Crippen molar-refractivity contribution in [2.75, 3.05) is 26.2 Å². The first-order valence-corrected chi connectivity index (χ1v) is 11.0. The van der Waals surface area contributed by atoms with Crippen LogP contribution in [0.25, 0.3) is 0 Å². The summed E-state index contributed by atoms with van der Waals surface area (Å²) in [6.07, 6.45) is 6.54. The van der Waals surface area contributed by atoms with Gasteiger partial charge in [0.2, 0.25) is 0 Å². The van der Waals surface area contributed by atoms with Gasteiger partial charge in [0, 0.05) is 12.0 Å². The Morgan fingerprint density at radius 3 is 2.44 bits per heavy atom. The highest BCUT2D eigenvalue weighted by Gasteiger charge is 2.38. The van der Waals surface area contributed by atoms with E-state index in [-0.39, 0.29) is 12.4 Å². The number of quaternary nitrogens is 1. The summed E-state index contributed by atoms with van der Waals surface area (Å²) in [5, 5.41) is 0. The lowest BCUT2D eigenvalue weighted by Gasteiger charge is -2.42. The van der Waals surface area contributed by atoms with Crippen LogP contribution in [0.2, 0.25) is 0 Å². The van der Waals surface area contributed by atoms with Crippen molar-refractivity contribution in [3.05, 3.63) is 35.9 Å². The SMILES string of the molecule is C[C@H](C[C@H]1OC[C@@H](C[N+]2(Cc3ccccc3)CCCCC2)O1)CC(C)(C)C. The number of benzene rings is 1. The van der Waals surface area contributed by atoms with E-state index in [1.165, 1.54) is 48.8 Å². The van der Waals surface area contributed by atoms with Gasteiger partial charge in [0.05, 0.1) is 19.7 Å². The lowest BCUT2D eigenvalue weighted by Crippen LogP contribution is -2.54. The van der Waals surface area contributed by atoms with Crippen LogP contribution in [0, 0.1) is 11.3 Å². The highest BCUT2D eigenvalue weighted by molar-refractivity contribution is 5.13. The third-order valence-electron chi connectivity index (χ3n) is 6.08. The number of rotatable bonds is 7. The molecule has 3 heteroatoms. The van der Waals surface area contributed by atoms with Gasteiger partial charge in [0.1, 0.15) is 19.2 Å². The zero-order chi connectivity index (χ0) is 19.3. The van der Waals surface area contributed by atoms with Crippen LogP contribution >= 0.6 is 0 Å². The standard InChI is InChI=1S/C24H40NO2/c1-20(16-24(2,3)4)15-23-26-19-22(27-23)18-25(13-9-6-10-14-25)17-21-11-7-5-8-12-21/h5,7-8,11-12,20,22-23H,6,9-10,13-19H2,1-4H3/q+1/t20-,22-,23+/m1/s1. The predicted molar refractivity (Wildman–Crippen MR) is 111 cm³/mol. The van der Waals surface area contributed by atoms with Crippen molar-refractivity contribution in [3.63, 3.8) is 0 Å². The number of nitrogens with zero attached hydrogens (tertiary/aromatic N) is 1. The molecule has 3 nitrogen and oxygen atoms in total. The third-order valence-corrected chi connectivity index (χ3v) is 6.08. The average molecular weight is 375 g/mol. The van der Waals surface area contributed by atoms with Gasteiger partial charge in [-0.05, 0) is 37.0 Å². The van der Waals surface area contributed by atoms with Gasteiger partial charge in [-0.15, -0.1) is 0 Å². The molecule has 0 saturated carbocycles. The maximum atomic E-state index is 6.37. The molecule has 2 aliphatic heterocycles. The minimum Gasteiger partial charge on any atom is -0.350 e. The summed E-state index contributed by atoms with van der Waals surface area (Å²) in [7, 11) is 0. The zero-order valence-electron chi connectivity index (χ0n) is 18.0. The number of likely N-dealkylation sites (tertiary alicyclic amines) is 1. The quantitative estimate of drug-likeness (QED) is 0.596. The molecule has 0 N–H and O–H groups in total. The van der Waals surface area contributed by atoms with Crippen molar-refractivity contribution in [2.24, 2.45) is 11.3 Å². The summed E-state index contributed by atoms with van der Waals surface area (Å²) in [4.78, 5) is 0. The van der Waals surface area contributed by atoms with Crippen molar-refractivity contribution in [2.45, 2.75) is 78.7 Å². The van der Waals surface area contributed by atoms with E-state index in [4.69, 9.17) is 9.47 Å². The Kier molecular flexibility index (Phi) is 6.99. The van der Waals surface area contributed by atoms with Gasteiger partial charge in [0.15, 0.2) is 6.29 Å². The first kappa shape index (κ1) is 20.8. The van der Waals surface area contributed by atoms with E-state index >= 15 is 0 Å². The minimum absolute atomic E-state index is 0.00563. The smallest absolute Gasteiger partial charge is 0.158 e. The van der Waals surface area contributed by atoms with Crippen molar-refractivity contribution < 1.29 is 14.0 Å². The molecule has 0 aliphatic carbocycles. The molecule has 0 amide bonds.